The van der Waals surface area contributed by atoms with Gasteiger partial charge in [0.15, 0.2) is 0 Å². The second kappa shape index (κ2) is 44.2. The van der Waals surface area contributed by atoms with Gasteiger partial charge in [0, 0.05) is 184 Å². The molecule has 3 amide bonds. The normalized spacial score (nSPS) is 20.1. The van der Waals surface area contributed by atoms with Gasteiger partial charge >= 0.3 is 24.2 Å². The SMILES string of the molecule is C=C(C(=O)N1CCN(c2nc(OC[C@@H]3CCCN3C)nc3c2CCN(c2cccc4cccc(C)c24)C3)C[C@@H]1CC#N)C(F)(F)F.CN1CCC[C@H]1COc1nc2c(c(N3CCN(C(=O)/C=C/c4ccccn4)[C@@H](CC#N)C3)n1)CCN(c1cccc3cccc(Cl)c13)C2.CN1CCC[C@H]1COc1nc2c(c(N3CCN(C(=O)/C=C/c4cnn(C)c4)[C@@H](CC#N)C3)n1)CCN(c1cccc3cccc(Cl)c13)C2. The molecular weight excluding hydrogens is 1850 g/mol. The fourth-order valence-corrected chi connectivity index (χ4v) is 21.9. The molecule has 0 saturated carbocycles. The van der Waals surface area contributed by atoms with Crippen molar-refractivity contribution in [3.05, 3.63) is 231 Å². The minimum absolute atomic E-state index is 0.00349. The van der Waals surface area contributed by atoms with Gasteiger partial charge in [0.1, 0.15) is 42.8 Å². The highest BCUT2D eigenvalue weighted by molar-refractivity contribution is 6.37. The molecule has 0 spiro atoms. The number of aryl methyl sites for hydroxylation is 2. The van der Waals surface area contributed by atoms with E-state index in [9.17, 15) is 43.3 Å². The highest BCUT2D eigenvalue weighted by Gasteiger charge is 2.44. The van der Waals surface area contributed by atoms with Gasteiger partial charge in [0.2, 0.25) is 11.8 Å². The summed E-state index contributed by atoms with van der Waals surface area (Å²) in [5.41, 5.74) is 10.4. The number of fused-ring (bicyclic) bond motifs is 6. The van der Waals surface area contributed by atoms with Crippen molar-refractivity contribution in [2.75, 3.05) is 169 Å². The first-order chi connectivity index (χ1) is 68.9. The van der Waals surface area contributed by atoms with E-state index in [-0.39, 0.29) is 74.8 Å². The number of likely N-dealkylation sites (N-methyl/N-ethyl adjacent to an activating group) is 3. The van der Waals surface area contributed by atoms with E-state index in [0.717, 1.165) is 195 Å². The first-order valence-corrected chi connectivity index (χ1v) is 49.7. The van der Waals surface area contributed by atoms with Crippen LogP contribution in [0.3, 0.4) is 0 Å². The quantitative estimate of drug-likeness (QED) is 0.0537. The van der Waals surface area contributed by atoms with Crippen LogP contribution in [-0.4, -0.2) is 273 Å². The molecule has 0 unspecified atom stereocenters. The Bertz CT molecular complexity index is 6670. The van der Waals surface area contributed by atoms with Gasteiger partial charge in [0.25, 0.3) is 5.91 Å². The van der Waals surface area contributed by atoms with Crippen molar-refractivity contribution >= 4 is 120 Å². The number of anilines is 6. The van der Waals surface area contributed by atoms with Crippen molar-refractivity contribution in [3.8, 4) is 36.2 Å². The molecule has 6 fully saturated rings. The van der Waals surface area contributed by atoms with E-state index >= 15 is 0 Å². The fraction of sp³-hybridized carbons (Fsp3) is 0.421. The van der Waals surface area contributed by atoms with E-state index in [2.05, 4.69) is 181 Å². The third-order valence-corrected chi connectivity index (χ3v) is 29.7. The largest absolute Gasteiger partial charge is 0.462 e. The lowest BCUT2D eigenvalue weighted by atomic mass is 9.99. The molecule has 6 atom stereocenters. The summed E-state index contributed by atoms with van der Waals surface area (Å²) in [6.45, 7) is 17.3. The molecule has 14 heterocycles. The Hall–Kier alpha value is -13.8. The monoisotopic (exact) mass is 1960 g/mol. The van der Waals surface area contributed by atoms with Crippen LogP contribution < -0.4 is 43.6 Å². The lowest BCUT2D eigenvalue weighted by molar-refractivity contribution is -0.142. The zero-order chi connectivity index (χ0) is 98.8. The molecular formula is C107H117Cl2F3N24O6. The molecule has 6 aromatic carbocycles. The Morgan fingerprint density at radius 3 is 1.23 bits per heavy atom. The number of hydrogen-bond acceptors (Lipinski definition) is 26. The number of halogens is 5. The van der Waals surface area contributed by atoms with Crippen LogP contribution >= 0.6 is 23.2 Å². The van der Waals surface area contributed by atoms with Gasteiger partial charge in [-0.15, -0.1) is 0 Å². The smallest absolute Gasteiger partial charge is 0.421 e. The molecule has 0 bridgehead atoms. The number of alkyl halides is 3. The molecule has 20 rings (SSSR count). The summed E-state index contributed by atoms with van der Waals surface area (Å²) in [5, 5.41) is 41.3. The van der Waals surface area contributed by atoms with E-state index in [1.807, 2.05) is 66.7 Å². The molecule has 6 saturated heterocycles. The number of aromatic nitrogens is 9. The van der Waals surface area contributed by atoms with Crippen molar-refractivity contribution in [1.29, 1.82) is 15.8 Å². The van der Waals surface area contributed by atoms with Gasteiger partial charge < -0.3 is 73.0 Å². The Kier molecular flexibility index (Phi) is 30.6. The lowest BCUT2D eigenvalue weighted by Crippen LogP contribution is -2.56. The number of nitriles is 3. The molecule has 30 nitrogen and oxygen atoms in total. The zero-order valence-corrected chi connectivity index (χ0v) is 82.3. The summed E-state index contributed by atoms with van der Waals surface area (Å²) in [7, 11) is 8.19. The van der Waals surface area contributed by atoms with Gasteiger partial charge in [-0.05, 0) is 182 Å². The number of piperazine rings is 3. The second-order valence-electron chi connectivity index (χ2n) is 38.0. The summed E-state index contributed by atoms with van der Waals surface area (Å²) in [6.07, 6.45) is 16.1. The molecule has 142 heavy (non-hydrogen) atoms. The van der Waals surface area contributed by atoms with Crippen molar-refractivity contribution in [3.63, 3.8) is 0 Å². The van der Waals surface area contributed by atoms with Gasteiger partial charge in [-0.3, -0.25) is 24.0 Å². The number of carbonyl (C=O) groups excluding carboxylic acids is 3. The van der Waals surface area contributed by atoms with Crippen molar-refractivity contribution < 1.29 is 41.8 Å². The number of rotatable bonds is 23. The molecule has 0 aliphatic carbocycles. The first kappa shape index (κ1) is 98.4. The summed E-state index contributed by atoms with van der Waals surface area (Å²) in [6, 6.07) is 50.0. The standard InChI is InChI=1S/C37H39ClN8O2.C36H40ClN9O2.C34H38F3N7O2/c1-43-19-6-10-29(43)25-48-37-41-32-24-44(33-12-5-8-26-7-4-11-31(38)35(26)33)20-16-30(32)36(42-37)45-21-22-46(28(23-45)15-17-39)34(47)14-13-27-9-2-3-18-40-27;1-42-16-5-8-28(42)24-48-36-40-31-23-44(32-10-4-7-26-6-3-9-30(37)34(26)32)17-14-29(31)35(41-36)45-18-19-46(27(22-45)13-15-38)33(47)12-11-25-20-39-43(2)21-25;1-22-7-4-8-24-9-5-11-29(30(22)24)42-16-13-27-28(20-42)39-33(46-21-26-10-6-15-41(26)3)40-31(27)43-17-18-44(25(19-43)12-14-38)32(45)23(2)34(35,36)37/h2-5,7-9,11-14,18,28-29H,6,10,15-16,19-25H2,1H3;3-4,6-7,9-12,20-21,27-28H,5,8,13-14,16-19,22-24H2,1-2H3;4-5,7-9,11,25-26H,2,6,10,12-13,15-21H2,1,3H3/b14-13+;12-11+;/t28-,29-;27-,28-;25-,26-/m000/s1. The maximum absolute atomic E-state index is 13.4. The highest BCUT2D eigenvalue weighted by Crippen LogP contribution is 2.43. The van der Waals surface area contributed by atoms with Crippen LogP contribution in [0.1, 0.15) is 108 Å². The molecule has 9 aliphatic heterocycles. The molecule has 9 aliphatic rings. The van der Waals surface area contributed by atoms with Gasteiger partial charge in [-0.2, -0.15) is 64.0 Å². The number of carbonyl (C=O) groups is 3. The van der Waals surface area contributed by atoms with Crippen LogP contribution in [0.5, 0.6) is 18.0 Å². The second-order valence-corrected chi connectivity index (χ2v) is 38.8. The van der Waals surface area contributed by atoms with Crippen LogP contribution in [0.15, 0.2) is 170 Å². The average molecular weight is 1960 g/mol. The van der Waals surface area contributed by atoms with E-state index in [1.54, 1.807) is 51.2 Å². The Morgan fingerprint density at radius 1 is 0.458 bits per heavy atom. The maximum Gasteiger partial charge on any atom is 0.421 e. The average Bonchev–Trinajstić information content (AvgIpc) is 0.805. The Labute approximate surface area is 835 Å². The third kappa shape index (κ3) is 22.1. The number of nitrogens with zero attached hydrogens (tertiary/aromatic N) is 24. The van der Waals surface area contributed by atoms with Crippen LogP contribution in [0.2, 0.25) is 10.0 Å². The number of hydrogen-bond donors (Lipinski definition) is 0. The molecule has 0 radical (unpaired) electrons. The summed E-state index contributed by atoms with van der Waals surface area (Å²) < 4.78 is 60.7. The highest BCUT2D eigenvalue weighted by atomic mass is 35.5. The van der Waals surface area contributed by atoms with E-state index < -0.39 is 23.7 Å². The first-order valence-electron chi connectivity index (χ1n) is 49.0. The Morgan fingerprint density at radius 2 is 0.845 bits per heavy atom. The van der Waals surface area contributed by atoms with Crippen molar-refractivity contribution in [1.82, 2.24) is 74.1 Å². The van der Waals surface area contributed by atoms with Gasteiger partial charge in [-0.1, -0.05) is 115 Å². The Balaban J connectivity index is 0.000000141. The molecule has 35 heteroatoms. The molecule has 11 aromatic rings. The fourth-order valence-electron chi connectivity index (χ4n) is 21.3. The zero-order valence-electron chi connectivity index (χ0n) is 80.7. The van der Waals surface area contributed by atoms with Crippen molar-refractivity contribution in [2.24, 2.45) is 7.05 Å². The summed E-state index contributed by atoms with van der Waals surface area (Å²) in [4.78, 5) is 98.6. The van der Waals surface area contributed by atoms with Gasteiger partial charge in [-0.25, -0.2) is 0 Å². The predicted octanol–water partition coefficient (Wildman–Crippen LogP) is 15.1. The number of ether oxygens (including phenoxy) is 3. The minimum atomic E-state index is -4.84. The topological polar surface area (TPSA) is 297 Å². The number of likely N-dealkylation sites (tertiary alicyclic amines) is 3. The van der Waals surface area contributed by atoms with E-state index in [0.29, 0.717) is 121 Å². The third-order valence-electron chi connectivity index (χ3n) is 29.1. The lowest BCUT2D eigenvalue weighted by Gasteiger charge is -2.42. The van der Waals surface area contributed by atoms with E-state index in [4.69, 9.17) is 67.3 Å². The van der Waals surface area contributed by atoms with Crippen molar-refractivity contribution in [2.45, 2.75) is 146 Å². The number of pyridine rings is 1. The molecule has 736 valence electrons. The number of amides is 3. The van der Waals surface area contributed by atoms with E-state index in [1.165, 1.54) is 16.3 Å². The predicted molar refractivity (Wildman–Crippen MR) is 545 cm³/mol. The summed E-state index contributed by atoms with van der Waals surface area (Å²) in [5.74, 6) is 0.897. The molecule has 5 aromatic heterocycles. The minimum Gasteiger partial charge on any atom is -0.462 e. The van der Waals surface area contributed by atoms with Crippen LogP contribution in [0.25, 0.3) is 44.5 Å². The van der Waals surface area contributed by atoms with Crippen LogP contribution in [0, 0.1) is 40.9 Å². The van der Waals surface area contributed by atoms with Crippen LogP contribution in [-0.2, 0) is 60.3 Å². The number of benzene rings is 6. The summed E-state index contributed by atoms with van der Waals surface area (Å²) >= 11 is 13.5. The molecule has 0 N–H and O–H groups in total. The van der Waals surface area contributed by atoms with Crippen LogP contribution in [0.4, 0.5) is 47.7 Å². The maximum atomic E-state index is 13.4. The van der Waals surface area contributed by atoms with Gasteiger partial charge in [0.05, 0.1) is 114 Å².